The number of nitrogens with zero attached hydrogens (tertiary/aromatic N) is 3. The molecular weight excluding hydrogens is 418 g/mol. The number of carbonyl (C=O) groups excluding carboxylic acids is 2. The standard InChI is InChI=1S/C22H27N3O5S/c1-2-25(17-9-12-31(28,29)15-17)20(26)14-30-22(27)18-13-16-7-3-4-8-19(16)23-21(18)24-10-5-6-11-24/h3-4,7-8,13,17H,2,5-6,9-12,14-15H2,1H3. The number of amides is 1. The summed E-state index contributed by atoms with van der Waals surface area (Å²) in [6.45, 7) is 3.39. The number of anilines is 1. The Hall–Kier alpha value is -2.68. The third-order valence-corrected chi connectivity index (χ3v) is 7.72. The van der Waals surface area contributed by atoms with E-state index in [4.69, 9.17) is 9.72 Å². The van der Waals surface area contributed by atoms with E-state index in [1.165, 1.54) is 4.90 Å². The van der Waals surface area contributed by atoms with Gasteiger partial charge >= 0.3 is 5.97 Å². The van der Waals surface area contributed by atoms with Crippen molar-refractivity contribution in [3.05, 3.63) is 35.9 Å². The normalized spacial score (nSPS) is 20.2. The van der Waals surface area contributed by atoms with E-state index in [9.17, 15) is 18.0 Å². The summed E-state index contributed by atoms with van der Waals surface area (Å²) in [7, 11) is -3.11. The highest BCUT2D eigenvalue weighted by Crippen LogP contribution is 2.27. The molecule has 31 heavy (non-hydrogen) atoms. The van der Waals surface area contributed by atoms with Crippen LogP contribution in [0.5, 0.6) is 0 Å². The zero-order valence-corrected chi connectivity index (χ0v) is 18.4. The summed E-state index contributed by atoms with van der Waals surface area (Å²) < 4.78 is 28.9. The van der Waals surface area contributed by atoms with Crippen molar-refractivity contribution in [1.29, 1.82) is 0 Å². The van der Waals surface area contributed by atoms with Crippen molar-refractivity contribution in [2.45, 2.75) is 32.2 Å². The van der Waals surface area contributed by atoms with Crippen LogP contribution in [0.2, 0.25) is 0 Å². The van der Waals surface area contributed by atoms with E-state index in [2.05, 4.69) is 4.90 Å². The van der Waals surface area contributed by atoms with Crippen molar-refractivity contribution in [2.24, 2.45) is 0 Å². The summed E-state index contributed by atoms with van der Waals surface area (Å²) in [6.07, 6.45) is 2.50. The van der Waals surface area contributed by atoms with Crippen LogP contribution >= 0.6 is 0 Å². The summed E-state index contributed by atoms with van der Waals surface area (Å²) in [5.74, 6) is -0.335. The zero-order valence-electron chi connectivity index (χ0n) is 17.6. The number of fused-ring (bicyclic) bond motifs is 1. The second kappa shape index (κ2) is 8.82. The predicted octanol–water partition coefficient (Wildman–Crippen LogP) is 2.03. The molecule has 0 aliphatic carbocycles. The van der Waals surface area contributed by atoms with E-state index < -0.39 is 22.4 Å². The second-order valence-electron chi connectivity index (χ2n) is 8.06. The minimum atomic E-state index is -3.11. The lowest BCUT2D eigenvalue weighted by Gasteiger charge is -2.26. The number of ether oxygens (including phenoxy) is 1. The van der Waals surface area contributed by atoms with Crippen LogP contribution in [0.15, 0.2) is 30.3 Å². The van der Waals surface area contributed by atoms with Crippen LogP contribution in [-0.2, 0) is 19.4 Å². The Bertz CT molecular complexity index is 1100. The summed E-state index contributed by atoms with van der Waals surface area (Å²) in [4.78, 5) is 33.9. The maximum atomic E-state index is 13.0. The van der Waals surface area contributed by atoms with Gasteiger partial charge in [-0.3, -0.25) is 4.79 Å². The number of hydrogen-bond acceptors (Lipinski definition) is 7. The molecule has 4 rings (SSSR count). The average Bonchev–Trinajstić information content (AvgIpc) is 3.41. The Labute approximate surface area is 182 Å². The summed E-state index contributed by atoms with van der Waals surface area (Å²) in [5, 5.41) is 0.829. The molecule has 0 saturated carbocycles. The number of carbonyl (C=O) groups is 2. The minimum absolute atomic E-state index is 0.0335. The van der Waals surface area contributed by atoms with E-state index in [0.717, 1.165) is 36.8 Å². The van der Waals surface area contributed by atoms with Gasteiger partial charge in [0.25, 0.3) is 5.91 Å². The summed E-state index contributed by atoms with van der Waals surface area (Å²) in [5.41, 5.74) is 1.15. The lowest BCUT2D eigenvalue weighted by atomic mass is 10.1. The molecule has 1 unspecified atom stereocenters. The van der Waals surface area contributed by atoms with Crippen LogP contribution in [0, 0.1) is 0 Å². The summed E-state index contributed by atoms with van der Waals surface area (Å²) >= 11 is 0. The lowest BCUT2D eigenvalue weighted by Crippen LogP contribution is -2.43. The van der Waals surface area contributed by atoms with Crippen LogP contribution in [-0.4, -0.2) is 74.0 Å². The first-order valence-electron chi connectivity index (χ1n) is 10.7. The van der Waals surface area contributed by atoms with Gasteiger partial charge in [-0.15, -0.1) is 0 Å². The van der Waals surface area contributed by atoms with Gasteiger partial charge in [0.2, 0.25) is 0 Å². The molecule has 2 aliphatic rings. The fraction of sp³-hybridized carbons (Fsp3) is 0.500. The number of likely N-dealkylation sites (N-methyl/N-ethyl adjacent to an activating group) is 1. The Kier molecular flexibility index (Phi) is 6.13. The monoisotopic (exact) mass is 445 g/mol. The van der Waals surface area contributed by atoms with Crippen LogP contribution in [0.1, 0.15) is 36.5 Å². The summed E-state index contributed by atoms with van der Waals surface area (Å²) in [6, 6.07) is 8.99. The molecule has 9 heteroatoms. The number of sulfone groups is 1. The fourth-order valence-electron chi connectivity index (χ4n) is 4.37. The molecule has 3 heterocycles. The number of hydrogen-bond donors (Lipinski definition) is 0. The Balaban J connectivity index is 1.51. The molecule has 1 amide bonds. The molecule has 0 bridgehead atoms. The predicted molar refractivity (Wildman–Crippen MR) is 118 cm³/mol. The average molecular weight is 446 g/mol. The third-order valence-electron chi connectivity index (χ3n) is 5.97. The molecule has 0 spiro atoms. The van der Waals surface area contributed by atoms with Crippen molar-refractivity contribution >= 4 is 38.4 Å². The first-order valence-corrected chi connectivity index (χ1v) is 12.5. The second-order valence-corrected chi connectivity index (χ2v) is 10.3. The van der Waals surface area contributed by atoms with Gasteiger partial charge in [0.05, 0.1) is 17.0 Å². The van der Waals surface area contributed by atoms with Crippen LogP contribution in [0.25, 0.3) is 10.9 Å². The molecule has 1 aromatic carbocycles. The Morgan fingerprint density at radius 3 is 2.65 bits per heavy atom. The van der Waals surface area contributed by atoms with Gasteiger partial charge in [0.1, 0.15) is 11.4 Å². The number of aromatic nitrogens is 1. The molecule has 1 atom stereocenters. The topological polar surface area (TPSA) is 96.9 Å². The molecule has 8 nitrogen and oxygen atoms in total. The van der Waals surface area contributed by atoms with Gasteiger partial charge in [-0.25, -0.2) is 18.2 Å². The third kappa shape index (κ3) is 4.66. The zero-order chi connectivity index (χ0) is 22.0. The number of rotatable bonds is 6. The molecule has 0 radical (unpaired) electrons. The van der Waals surface area contributed by atoms with E-state index in [0.29, 0.717) is 24.3 Å². The number of para-hydroxylation sites is 1. The number of pyridine rings is 1. The van der Waals surface area contributed by atoms with Crippen molar-refractivity contribution in [2.75, 3.05) is 42.6 Å². The van der Waals surface area contributed by atoms with Gasteiger partial charge in [0.15, 0.2) is 16.4 Å². The van der Waals surface area contributed by atoms with E-state index in [-0.39, 0.29) is 23.5 Å². The molecule has 2 aromatic rings. The molecule has 0 N–H and O–H groups in total. The van der Waals surface area contributed by atoms with Gasteiger partial charge in [-0.05, 0) is 38.3 Å². The maximum Gasteiger partial charge on any atom is 0.342 e. The van der Waals surface area contributed by atoms with Gasteiger partial charge in [-0.2, -0.15) is 0 Å². The highest BCUT2D eigenvalue weighted by atomic mass is 32.2. The smallest absolute Gasteiger partial charge is 0.342 e. The van der Waals surface area contributed by atoms with Crippen molar-refractivity contribution in [3.63, 3.8) is 0 Å². The van der Waals surface area contributed by atoms with Crippen LogP contribution in [0.3, 0.4) is 0 Å². The Morgan fingerprint density at radius 2 is 1.97 bits per heavy atom. The minimum Gasteiger partial charge on any atom is -0.452 e. The highest BCUT2D eigenvalue weighted by molar-refractivity contribution is 7.91. The molecule has 2 fully saturated rings. The van der Waals surface area contributed by atoms with E-state index in [1.54, 1.807) is 13.0 Å². The van der Waals surface area contributed by atoms with E-state index in [1.807, 2.05) is 24.3 Å². The molecule has 1 aromatic heterocycles. The highest BCUT2D eigenvalue weighted by Gasteiger charge is 2.34. The van der Waals surface area contributed by atoms with Crippen molar-refractivity contribution in [3.8, 4) is 0 Å². The van der Waals surface area contributed by atoms with Crippen LogP contribution in [0.4, 0.5) is 5.82 Å². The SMILES string of the molecule is CCN(C(=O)COC(=O)c1cc2ccccc2nc1N1CCCC1)C1CCS(=O)(=O)C1. The molecular formula is C22H27N3O5S. The van der Waals surface area contributed by atoms with E-state index >= 15 is 0 Å². The first-order chi connectivity index (χ1) is 14.9. The van der Waals surface area contributed by atoms with Crippen molar-refractivity contribution in [1.82, 2.24) is 9.88 Å². The largest absolute Gasteiger partial charge is 0.452 e. The van der Waals surface area contributed by atoms with Crippen molar-refractivity contribution < 1.29 is 22.7 Å². The number of esters is 1. The lowest BCUT2D eigenvalue weighted by molar-refractivity contribution is -0.136. The molecule has 2 aliphatic heterocycles. The fourth-order valence-corrected chi connectivity index (χ4v) is 6.10. The molecule has 2 saturated heterocycles. The van der Waals surface area contributed by atoms with Crippen LogP contribution < -0.4 is 4.90 Å². The number of benzene rings is 1. The van der Waals surface area contributed by atoms with Gasteiger partial charge < -0.3 is 14.5 Å². The molecule has 166 valence electrons. The quantitative estimate of drug-likeness (QED) is 0.628. The van der Waals surface area contributed by atoms with Gasteiger partial charge in [0, 0.05) is 31.1 Å². The van der Waals surface area contributed by atoms with Gasteiger partial charge in [-0.1, -0.05) is 18.2 Å². The Morgan fingerprint density at radius 1 is 1.23 bits per heavy atom. The maximum absolute atomic E-state index is 13.0. The first kappa shape index (κ1) is 21.5.